The fraction of sp³-hybridized carbons (Fsp3) is 0.458. The van der Waals surface area contributed by atoms with Crippen LogP contribution in [0.2, 0.25) is 0 Å². The lowest BCUT2D eigenvalue weighted by Gasteiger charge is -2.37. The van der Waals surface area contributed by atoms with Crippen LogP contribution in [-0.2, 0) is 11.3 Å². The van der Waals surface area contributed by atoms with E-state index >= 15 is 0 Å². The van der Waals surface area contributed by atoms with Crippen molar-refractivity contribution >= 4 is 5.91 Å². The summed E-state index contributed by atoms with van der Waals surface area (Å²) in [4.78, 5) is 15.0. The molecular weight excluding hydrogens is 367 g/mol. The van der Waals surface area contributed by atoms with Crippen molar-refractivity contribution in [1.82, 2.24) is 10.2 Å². The van der Waals surface area contributed by atoms with Gasteiger partial charge < -0.3 is 10.1 Å². The van der Waals surface area contributed by atoms with Crippen molar-refractivity contribution in [2.24, 2.45) is 11.8 Å². The minimum atomic E-state index is -0.301. The third-order valence-electron chi connectivity index (χ3n) is 5.34. The fourth-order valence-corrected chi connectivity index (χ4v) is 3.89. The first-order valence-electron chi connectivity index (χ1n) is 10.6. The Bertz CT molecular complexity index is 768. The molecule has 3 rings (SSSR count). The monoisotopic (exact) mass is 398 g/mol. The van der Waals surface area contributed by atoms with Gasteiger partial charge in [0.05, 0.1) is 12.5 Å². The average molecular weight is 399 g/mol. The Labute approximate surface area is 173 Å². The van der Waals surface area contributed by atoms with Crippen LogP contribution in [0.25, 0.3) is 0 Å². The first kappa shape index (κ1) is 21.3. The van der Waals surface area contributed by atoms with Crippen molar-refractivity contribution < 1.29 is 13.9 Å². The molecule has 1 aliphatic heterocycles. The van der Waals surface area contributed by atoms with Gasteiger partial charge in [0.15, 0.2) is 0 Å². The summed E-state index contributed by atoms with van der Waals surface area (Å²) in [6, 6.07) is 16.5. The van der Waals surface area contributed by atoms with E-state index in [2.05, 4.69) is 29.3 Å². The number of carbonyl (C=O) groups is 1. The topological polar surface area (TPSA) is 41.6 Å². The van der Waals surface area contributed by atoms with Gasteiger partial charge in [-0.15, -0.1) is 0 Å². The number of nitrogens with one attached hydrogen (secondary N) is 1. The van der Waals surface area contributed by atoms with Crippen molar-refractivity contribution in [1.29, 1.82) is 0 Å². The summed E-state index contributed by atoms with van der Waals surface area (Å²) in [5, 5.41) is 3.08. The van der Waals surface area contributed by atoms with Crippen molar-refractivity contribution in [3.8, 4) is 5.75 Å². The molecule has 2 aromatic rings. The molecule has 4 nitrogen and oxygen atoms in total. The highest BCUT2D eigenvalue weighted by Gasteiger charge is 2.32. The van der Waals surface area contributed by atoms with Crippen LogP contribution in [0.4, 0.5) is 4.39 Å². The molecule has 1 fully saturated rings. The lowest BCUT2D eigenvalue weighted by Crippen LogP contribution is -2.47. The molecule has 0 aromatic heterocycles. The van der Waals surface area contributed by atoms with Crippen LogP contribution in [0.5, 0.6) is 5.75 Å². The predicted octanol–water partition coefficient (Wildman–Crippen LogP) is 4.26. The molecule has 0 saturated carbocycles. The molecule has 0 aliphatic carbocycles. The van der Waals surface area contributed by atoms with Gasteiger partial charge in [0.25, 0.3) is 0 Å². The van der Waals surface area contributed by atoms with Crippen LogP contribution in [0.15, 0.2) is 54.6 Å². The van der Waals surface area contributed by atoms with Gasteiger partial charge in [0, 0.05) is 38.2 Å². The zero-order valence-corrected chi connectivity index (χ0v) is 17.1. The number of benzene rings is 2. The summed E-state index contributed by atoms with van der Waals surface area (Å²) in [5.41, 5.74) is 1.24. The molecule has 2 aromatic carbocycles. The summed E-state index contributed by atoms with van der Waals surface area (Å²) in [6.45, 7) is 5.76. The van der Waals surface area contributed by atoms with E-state index in [1.54, 1.807) is 12.1 Å². The number of rotatable bonds is 9. The number of amides is 1. The molecule has 1 N–H and O–H groups in total. The van der Waals surface area contributed by atoms with E-state index in [0.717, 1.165) is 45.4 Å². The summed E-state index contributed by atoms with van der Waals surface area (Å²) < 4.78 is 19.3. The van der Waals surface area contributed by atoms with Crippen molar-refractivity contribution in [3.63, 3.8) is 0 Å². The van der Waals surface area contributed by atoms with E-state index in [1.165, 1.54) is 17.7 Å². The lowest BCUT2D eigenvalue weighted by atomic mass is 9.88. The first-order chi connectivity index (χ1) is 14.1. The SMILES string of the molecule is CCCCNC(=O)[C@@H]1C[C@H](COc2cccc(F)c2)CN(Cc2ccccc2)C1. The molecule has 29 heavy (non-hydrogen) atoms. The van der Waals surface area contributed by atoms with Crippen LogP contribution in [0, 0.1) is 17.7 Å². The molecule has 1 amide bonds. The van der Waals surface area contributed by atoms with E-state index in [0.29, 0.717) is 12.4 Å². The summed E-state index contributed by atoms with van der Waals surface area (Å²) in [6.07, 6.45) is 2.85. The summed E-state index contributed by atoms with van der Waals surface area (Å²) in [5.74, 6) is 0.536. The van der Waals surface area contributed by atoms with Crippen molar-refractivity contribution in [3.05, 3.63) is 66.0 Å². The number of hydrogen-bond acceptors (Lipinski definition) is 3. The molecule has 156 valence electrons. The molecule has 0 unspecified atom stereocenters. The van der Waals surface area contributed by atoms with Gasteiger partial charge in [0.2, 0.25) is 5.91 Å². The fourth-order valence-electron chi connectivity index (χ4n) is 3.89. The lowest BCUT2D eigenvalue weighted by molar-refractivity contribution is -0.127. The molecule has 0 spiro atoms. The third-order valence-corrected chi connectivity index (χ3v) is 5.34. The molecule has 5 heteroatoms. The van der Waals surface area contributed by atoms with Gasteiger partial charge in [-0.3, -0.25) is 9.69 Å². The zero-order valence-electron chi connectivity index (χ0n) is 17.1. The van der Waals surface area contributed by atoms with Crippen LogP contribution >= 0.6 is 0 Å². The standard InChI is InChI=1S/C24H31FN2O2/c1-2-3-12-26-24(28)21-13-20(18-29-23-11-7-10-22(25)14-23)16-27(17-21)15-19-8-5-4-6-9-19/h4-11,14,20-21H,2-3,12-13,15-18H2,1H3,(H,26,28)/t20-,21+/m0/s1. The Morgan fingerprint density at radius 2 is 2.00 bits per heavy atom. The maximum absolute atomic E-state index is 13.4. The second-order valence-electron chi connectivity index (χ2n) is 7.89. The Hall–Kier alpha value is -2.40. The first-order valence-corrected chi connectivity index (χ1v) is 10.6. The number of nitrogens with zero attached hydrogens (tertiary/aromatic N) is 1. The molecule has 1 heterocycles. The summed E-state index contributed by atoms with van der Waals surface area (Å²) in [7, 11) is 0. The smallest absolute Gasteiger partial charge is 0.224 e. The highest BCUT2D eigenvalue weighted by Crippen LogP contribution is 2.25. The molecular formula is C24H31FN2O2. The summed E-state index contributed by atoms with van der Waals surface area (Å²) >= 11 is 0. The quantitative estimate of drug-likeness (QED) is 0.642. The molecule has 1 aliphatic rings. The highest BCUT2D eigenvalue weighted by atomic mass is 19.1. The van der Waals surface area contributed by atoms with Gasteiger partial charge in [-0.1, -0.05) is 49.7 Å². The van der Waals surface area contributed by atoms with E-state index < -0.39 is 0 Å². The third kappa shape index (κ3) is 6.86. The molecule has 0 bridgehead atoms. The van der Waals surface area contributed by atoms with Gasteiger partial charge in [-0.2, -0.15) is 0 Å². The second kappa shape index (κ2) is 11.0. The van der Waals surface area contributed by atoms with Crippen LogP contribution < -0.4 is 10.1 Å². The van der Waals surface area contributed by atoms with Gasteiger partial charge in [-0.05, 0) is 30.5 Å². The van der Waals surface area contributed by atoms with Gasteiger partial charge in [-0.25, -0.2) is 4.39 Å². The molecule has 1 saturated heterocycles. The van der Waals surface area contributed by atoms with Crippen molar-refractivity contribution in [2.75, 3.05) is 26.2 Å². The normalized spacial score (nSPS) is 19.7. The Morgan fingerprint density at radius 3 is 2.76 bits per heavy atom. The Kier molecular flexibility index (Phi) is 8.05. The van der Waals surface area contributed by atoms with Crippen LogP contribution in [-0.4, -0.2) is 37.0 Å². The highest BCUT2D eigenvalue weighted by molar-refractivity contribution is 5.79. The Morgan fingerprint density at radius 1 is 1.17 bits per heavy atom. The minimum Gasteiger partial charge on any atom is -0.493 e. The van der Waals surface area contributed by atoms with E-state index in [9.17, 15) is 9.18 Å². The number of ether oxygens (including phenoxy) is 1. The van der Waals surface area contributed by atoms with Crippen LogP contribution in [0.3, 0.4) is 0 Å². The van der Waals surface area contributed by atoms with E-state index in [4.69, 9.17) is 4.74 Å². The number of likely N-dealkylation sites (tertiary alicyclic amines) is 1. The Balaban J connectivity index is 1.63. The van der Waals surface area contributed by atoms with Gasteiger partial charge in [0.1, 0.15) is 11.6 Å². The zero-order chi connectivity index (χ0) is 20.5. The number of unbranched alkanes of at least 4 members (excludes halogenated alkanes) is 1. The number of halogens is 1. The maximum Gasteiger partial charge on any atom is 0.224 e. The van der Waals surface area contributed by atoms with Gasteiger partial charge >= 0.3 is 0 Å². The number of hydrogen-bond donors (Lipinski definition) is 1. The molecule has 0 radical (unpaired) electrons. The average Bonchev–Trinajstić information content (AvgIpc) is 2.73. The minimum absolute atomic E-state index is 0.0505. The molecule has 2 atom stereocenters. The number of carbonyl (C=O) groups excluding carboxylic acids is 1. The van der Waals surface area contributed by atoms with Crippen LogP contribution in [0.1, 0.15) is 31.7 Å². The second-order valence-corrected chi connectivity index (χ2v) is 7.89. The predicted molar refractivity (Wildman–Crippen MR) is 113 cm³/mol. The van der Waals surface area contributed by atoms with E-state index in [-0.39, 0.29) is 23.6 Å². The maximum atomic E-state index is 13.4. The number of piperidine rings is 1. The largest absolute Gasteiger partial charge is 0.493 e. The van der Waals surface area contributed by atoms with E-state index in [1.807, 2.05) is 18.2 Å². The van der Waals surface area contributed by atoms with Crippen molar-refractivity contribution in [2.45, 2.75) is 32.7 Å².